The Labute approximate surface area is 99.5 Å². The smallest absolute Gasteiger partial charge is 0.142 e. The van der Waals surface area contributed by atoms with Crippen molar-refractivity contribution in [2.45, 2.75) is 6.42 Å². The van der Waals surface area contributed by atoms with Crippen LogP contribution in [0.2, 0.25) is 0 Å². The maximum absolute atomic E-state index is 4.35. The number of anilines is 1. The average Bonchev–Trinajstić information content (AvgIpc) is 2.76. The van der Waals surface area contributed by atoms with Gasteiger partial charge in [-0.2, -0.15) is 11.8 Å². The van der Waals surface area contributed by atoms with Crippen molar-refractivity contribution in [3.63, 3.8) is 0 Å². The number of hydrogen-bond acceptors (Lipinski definition) is 4. The van der Waals surface area contributed by atoms with E-state index in [0.29, 0.717) is 0 Å². The first kappa shape index (κ1) is 11.3. The van der Waals surface area contributed by atoms with Crippen molar-refractivity contribution < 1.29 is 0 Å². The second kappa shape index (κ2) is 5.21. The monoisotopic (exact) mass is 236 g/mol. The molecule has 5 heteroatoms. The summed E-state index contributed by atoms with van der Waals surface area (Å²) in [6, 6.07) is 2.02. The van der Waals surface area contributed by atoms with Crippen LogP contribution in [0.3, 0.4) is 0 Å². The first-order valence-corrected chi connectivity index (χ1v) is 6.70. The van der Waals surface area contributed by atoms with Crippen molar-refractivity contribution in [3.8, 4) is 0 Å². The van der Waals surface area contributed by atoms with Gasteiger partial charge in [-0.25, -0.2) is 9.97 Å². The first-order chi connectivity index (χ1) is 7.83. The lowest BCUT2D eigenvalue weighted by molar-refractivity contribution is 0.847. The van der Waals surface area contributed by atoms with E-state index in [1.807, 2.05) is 24.0 Å². The minimum Gasteiger partial charge on any atom is -0.359 e. The van der Waals surface area contributed by atoms with Gasteiger partial charge in [0.25, 0.3) is 0 Å². The van der Waals surface area contributed by atoms with Gasteiger partial charge < -0.3 is 9.88 Å². The molecule has 0 saturated carbocycles. The zero-order valence-corrected chi connectivity index (χ0v) is 10.4. The van der Waals surface area contributed by atoms with E-state index in [1.165, 1.54) is 12.2 Å². The summed E-state index contributed by atoms with van der Waals surface area (Å²) >= 11 is 1.88. The van der Waals surface area contributed by atoms with Crippen molar-refractivity contribution in [1.82, 2.24) is 15.0 Å². The molecule has 1 N–H and O–H groups in total. The van der Waals surface area contributed by atoms with E-state index < -0.39 is 0 Å². The van der Waals surface area contributed by atoms with Crippen LogP contribution in [0.4, 0.5) is 5.82 Å². The Hall–Kier alpha value is -1.23. The third-order valence-corrected chi connectivity index (χ3v) is 3.23. The summed E-state index contributed by atoms with van der Waals surface area (Å²) in [5, 5.41) is 1.09. The Morgan fingerprint density at radius 2 is 2.31 bits per heavy atom. The minimum atomic E-state index is 0.904. The van der Waals surface area contributed by atoms with Crippen LogP contribution in [0.5, 0.6) is 0 Å². The third-order valence-electron chi connectivity index (χ3n) is 2.54. The molecule has 86 valence electrons. The van der Waals surface area contributed by atoms with Gasteiger partial charge in [-0.1, -0.05) is 0 Å². The van der Waals surface area contributed by atoms with Gasteiger partial charge in [0.2, 0.25) is 0 Å². The van der Waals surface area contributed by atoms with Gasteiger partial charge in [-0.05, 0) is 24.5 Å². The van der Waals surface area contributed by atoms with E-state index in [2.05, 4.69) is 33.2 Å². The van der Waals surface area contributed by atoms with E-state index in [0.717, 1.165) is 23.4 Å². The summed E-state index contributed by atoms with van der Waals surface area (Å²) in [7, 11) is 2.08. The topological polar surface area (TPSA) is 44.8 Å². The van der Waals surface area contributed by atoms with Crippen LogP contribution in [0.1, 0.15) is 6.42 Å². The number of rotatable bonds is 5. The molecule has 0 bridgehead atoms. The van der Waals surface area contributed by atoms with Gasteiger partial charge in [0.15, 0.2) is 0 Å². The maximum Gasteiger partial charge on any atom is 0.142 e. The molecule has 2 aromatic rings. The molecule has 0 amide bonds. The van der Waals surface area contributed by atoms with Crippen LogP contribution < -0.4 is 4.90 Å². The first-order valence-electron chi connectivity index (χ1n) is 5.31. The Morgan fingerprint density at radius 1 is 1.44 bits per heavy atom. The van der Waals surface area contributed by atoms with E-state index >= 15 is 0 Å². The molecule has 0 atom stereocenters. The van der Waals surface area contributed by atoms with Crippen molar-refractivity contribution in [1.29, 1.82) is 0 Å². The predicted molar refractivity (Wildman–Crippen MR) is 70.2 cm³/mol. The summed E-state index contributed by atoms with van der Waals surface area (Å²) in [4.78, 5) is 13.8. The van der Waals surface area contributed by atoms with Crippen LogP contribution in [-0.4, -0.2) is 40.6 Å². The Morgan fingerprint density at radius 3 is 3.12 bits per heavy atom. The van der Waals surface area contributed by atoms with E-state index in [1.54, 1.807) is 6.33 Å². The third kappa shape index (κ3) is 2.29. The molecule has 0 unspecified atom stereocenters. The summed E-state index contributed by atoms with van der Waals surface area (Å²) in [5.74, 6) is 2.19. The SMILES string of the molecule is CSCCCN(C)c1ncnc2[nH]ccc12. The van der Waals surface area contributed by atoms with Crippen molar-refractivity contribution in [2.75, 3.05) is 30.5 Å². The molecule has 0 spiro atoms. The normalized spacial score (nSPS) is 10.9. The molecule has 0 fully saturated rings. The standard InChI is InChI=1S/C11H16N4S/c1-15(6-3-7-16-2)11-9-4-5-12-10(9)13-8-14-11/h4-5,8H,3,6-7H2,1-2H3,(H,12,13,14). The Kier molecular flexibility index (Phi) is 3.66. The molecule has 0 aliphatic heterocycles. The average molecular weight is 236 g/mol. The van der Waals surface area contributed by atoms with E-state index in [4.69, 9.17) is 0 Å². The highest BCUT2D eigenvalue weighted by atomic mass is 32.2. The largest absolute Gasteiger partial charge is 0.359 e. The quantitative estimate of drug-likeness (QED) is 0.808. The molecule has 2 heterocycles. The predicted octanol–water partition coefficient (Wildman–Crippen LogP) is 2.15. The Bertz CT molecular complexity index is 454. The number of fused-ring (bicyclic) bond motifs is 1. The molecular weight excluding hydrogens is 220 g/mol. The zero-order chi connectivity index (χ0) is 11.4. The highest BCUT2D eigenvalue weighted by molar-refractivity contribution is 7.98. The lowest BCUT2D eigenvalue weighted by Gasteiger charge is -2.18. The lowest BCUT2D eigenvalue weighted by atomic mass is 10.3. The fraction of sp³-hybridized carbons (Fsp3) is 0.455. The maximum atomic E-state index is 4.35. The molecule has 0 aliphatic carbocycles. The van der Waals surface area contributed by atoms with Crippen LogP contribution in [-0.2, 0) is 0 Å². The van der Waals surface area contributed by atoms with Crippen LogP contribution >= 0.6 is 11.8 Å². The van der Waals surface area contributed by atoms with Crippen LogP contribution in [0.25, 0.3) is 11.0 Å². The van der Waals surface area contributed by atoms with Crippen LogP contribution in [0, 0.1) is 0 Å². The molecule has 0 saturated heterocycles. The molecular formula is C11H16N4S. The second-order valence-electron chi connectivity index (χ2n) is 3.71. The fourth-order valence-electron chi connectivity index (χ4n) is 1.71. The summed E-state index contributed by atoms with van der Waals surface area (Å²) in [5.41, 5.74) is 0.904. The molecule has 0 aromatic carbocycles. The summed E-state index contributed by atoms with van der Waals surface area (Å²) in [6.07, 6.45) is 6.82. The number of aromatic amines is 1. The number of nitrogens with one attached hydrogen (secondary N) is 1. The van der Waals surface area contributed by atoms with Gasteiger partial charge >= 0.3 is 0 Å². The molecule has 0 aliphatic rings. The molecule has 2 rings (SSSR count). The molecule has 16 heavy (non-hydrogen) atoms. The van der Waals surface area contributed by atoms with Crippen molar-refractivity contribution in [2.24, 2.45) is 0 Å². The van der Waals surface area contributed by atoms with Gasteiger partial charge in [0.05, 0.1) is 5.39 Å². The second-order valence-corrected chi connectivity index (χ2v) is 4.69. The van der Waals surface area contributed by atoms with Gasteiger partial charge in [-0.15, -0.1) is 0 Å². The number of H-pyrrole nitrogens is 1. The highest BCUT2D eigenvalue weighted by Crippen LogP contribution is 2.20. The van der Waals surface area contributed by atoms with Gasteiger partial charge in [0.1, 0.15) is 17.8 Å². The van der Waals surface area contributed by atoms with Gasteiger partial charge in [0, 0.05) is 19.8 Å². The minimum absolute atomic E-state index is 0.904. The number of aromatic nitrogens is 3. The Balaban J connectivity index is 2.15. The highest BCUT2D eigenvalue weighted by Gasteiger charge is 2.08. The van der Waals surface area contributed by atoms with Crippen LogP contribution in [0.15, 0.2) is 18.6 Å². The number of nitrogens with zero attached hydrogens (tertiary/aromatic N) is 3. The summed E-state index contributed by atoms with van der Waals surface area (Å²) in [6.45, 7) is 1.03. The molecule has 4 nitrogen and oxygen atoms in total. The number of thioether (sulfide) groups is 1. The number of hydrogen-bond donors (Lipinski definition) is 1. The zero-order valence-electron chi connectivity index (χ0n) is 9.60. The van der Waals surface area contributed by atoms with E-state index in [-0.39, 0.29) is 0 Å². The fourth-order valence-corrected chi connectivity index (χ4v) is 2.13. The van der Waals surface area contributed by atoms with Crippen molar-refractivity contribution >= 4 is 28.6 Å². The summed E-state index contributed by atoms with van der Waals surface area (Å²) < 4.78 is 0. The molecule has 2 aromatic heterocycles. The van der Waals surface area contributed by atoms with Gasteiger partial charge in [-0.3, -0.25) is 0 Å². The lowest BCUT2D eigenvalue weighted by Crippen LogP contribution is -2.20. The van der Waals surface area contributed by atoms with Crippen molar-refractivity contribution in [3.05, 3.63) is 18.6 Å². The molecule has 0 radical (unpaired) electrons. The van der Waals surface area contributed by atoms with E-state index in [9.17, 15) is 0 Å².